The van der Waals surface area contributed by atoms with Gasteiger partial charge >= 0.3 is 0 Å². The van der Waals surface area contributed by atoms with E-state index >= 15 is 0 Å². The highest BCUT2D eigenvalue weighted by Gasteiger charge is 2.00. The second kappa shape index (κ2) is 3.93. The molecule has 0 aromatic carbocycles. The molecular formula is C7H15N3. The summed E-state index contributed by atoms with van der Waals surface area (Å²) in [4.78, 5) is 5.89. The summed E-state index contributed by atoms with van der Waals surface area (Å²) in [5.74, 6) is 1.79. The summed E-state index contributed by atoms with van der Waals surface area (Å²) >= 11 is 0. The number of hydrogen-bond donors (Lipinski definition) is 1. The van der Waals surface area contributed by atoms with Crippen LogP contribution in [-0.2, 0) is 0 Å². The van der Waals surface area contributed by atoms with Gasteiger partial charge in [-0.2, -0.15) is 0 Å². The van der Waals surface area contributed by atoms with Crippen LogP contribution in [0.4, 0.5) is 0 Å². The fourth-order valence-corrected chi connectivity index (χ4v) is 0.513. The van der Waals surface area contributed by atoms with Gasteiger partial charge in [0.1, 0.15) is 5.84 Å². The predicted molar refractivity (Wildman–Crippen MR) is 45.0 cm³/mol. The van der Waals surface area contributed by atoms with Gasteiger partial charge in [-0.15, -0.1) is 0 Å². The lowest BCUT2D eigenvalue weighted by Gasteiger charge is -2.19. The van der Waals surface area contributed by atoms with Crippen molar-refractivity contribution >= 4 is 5.84 Å². The van der Waals surface area contributed by atoms with Gasteiger partial charge in [-0.3, -0.25) is 4.99 Å². The third-order valence-electron chi connectivity index (χ3n) is 1.50. The van der Waals surface area contributed by atoms with Gasteiger partial charge in [0, 0.05) is 21.1 Å². The summed E-state index contributed by atoms with van der Waals surface area (Å²) in [6.07, 6.45) is 0. The second-order valence-corrected chi connectivity index (χ2v) is 2.03. The minimum atomic E-state index is 0.850. The minimum absolute atomic E-state index is 0.850. The van der Waals surface area contributed by atoms with E-state index < -0.39 is 0 Å². The maximum atomic E-state index is 4.00. The topological polar surface area (TPSA) is 27.6 Å². The Hall–Kier alpha value is -0.990. The molecule has 0 fully saturated rings. The first-order valence-electron chi connectivity index (χ1n) is 3.17. The van der Waals surface area contributed by atoms with Gasteiger partial charge in [-0.1, -0.05) is 6.58 Å². The molecule has 1 N–H and O–H groups in total. The normalized spacial score (nSPS) is 11.0. The van der Waals surface area contributed by atoms with E-state index in [9.17, 15) is 0 Å². The standard InChI is InChI=1S/C7H15N3/c1-6(8-3)10(5)7(2)9-4/h8H,1H2,2-5H3/b9-7-. The molecule has 0 aliphatic carbocycles. The molecule has 10 heavy (non-hydrogen) atoms. The lowest BCUT2D eigenvalue weighted by molar-refractivity contribution is 0.573. The molecule has 58 valence electrons. The van der Waals surface area contributed by atoms with Crippen LogP contribution in [0.15, 0.2) is 17.4 Å². The Kier molecular flexibility index (Phi) is 3.54. The van der Waals surface area contributed by atoms with Crippen LogP contribution in [0.1, 0.15) is 6.92 Å². The maximum absolute atomic E-state index is 4.00. The van der Waals surface area contributed by atoms with Crippen molar-refractivity contribution in [1.82, 2.24) is 10.2 Å². The summed E-state index contributed by atoms with van der Waals surface area (Å²) < 4.78 is 0. The van der Waals surface area contributed by atoms with Crippen molar-refractivity contribution in [3.8, 4) is 0 Å². The first-order valence-corrected chi connectivity index (χ1v) is 3.17. The number of hydrogen-bond acceptors (Lipinski definition) is 2. The zero-order valence-electron chi connectivity index (χ0n) is 7.10. The molecule has 3 nitrogen and oxygen atoms in total. The van der Waals surface area contributed by atoms with Gasteiger partial charge in [-0.25, -0.2) is 0 Å². The van der Waals surface area contributed by atoms with Crippen LogP contribution in [0.3, 0.4) is 0 Å². The molecule has 0 heterocycles. The van der Waals surface area contributed by atoms with Crippen LogP contribution in [0.25, 0.3) is 0 Å². The number of rotatable bonds is 2. The average Bonchev–Trinajstić information content (AvgIpc) is 2.00. The van der Waals surface area contributed by atoms with Gasteiger partial charge in [0.05, 0.1) is 5.82 Å². The van der Waals surface area contributed by atoms with Gasteiger partial charge in [0.25, 0.3) is 0 Å². The van der Waals surface area contributed by atoms with E-state index in [4.69, 9.17) is 0 Å². The van der Waals surface area contributed by atoms with Crippen LogP contribution in [-0.4, -0.2) is 31.9 Å². The third-order valence-corrected chi connectivity index (χ3v) is 1.50. The molecule has 0 aliphatic rings. The van der Waals surface area contributed by atoms with E-state index in [2.05, 4.69) is 16.9 Å². The van der Waals surface area contributed by atoms with Crippen LogP contribution < -0.4 is 5.32 Å². The quantitative estimate of drug-likeness (QED) is 0.452. The molecule has 0 aliphatic heterocycles. The Morgan fingerprint density at radius 1 is 1.60 bits per heavy atom. The van der Waals surface area contributed by atoms with Gasteiger partial charge in [0.2, 0.25) is 0 Å². The van der Waals surface area contributed by atoms with Gasteiger partial charge < -0.3 is 10.2 Å². The zero-order valence-corrected chi connectivity index (χ0v) is 7.10. The second-order valence-electron chi connectivity index (χ2n) is 2.03. The number of nitrogens with zero attached hydrogens (tertiary/aromatic N) is 2. The van der Waals surface area contributed by atoms with E-state index in [1.807, 2.05) is 25.9 Å². The maximum Gasteiger partial charge on any atom is 0.101 e. The smallest absolute Gasteiger partial charge is 0.101 e. The predicted octanol–water partition coefficient (Wildman–Crippen LogP) is 0.657. The van der Waals surface area contributed by atoms with Crippen molar-refractivity contribution in [2.45, 2.75) is 6.92 Å². The monoisotopic (exact) mass is 141 g/mol. The SMILES string of the molecule is C=C(NC)N(C)/C(C)=N\C. The van der Waals surface area contributed by atoms with Crippen molar-refractivity contribution in [2.75, 3.05) is 21.1 Å². The fraction of sp³-hybridized carbons (Fsp3) is 0.571. The molecule has 0 rings (SSSR count). The summed E-state index contributed by atoms with van der Waals surface area (Å²) in [6, 6.07) is 0. The Bertz CT molecular complexity index is 149. The molecule has 0 spiro atoms. The largest absolute Gasteiger partial charge is 0.375 e. The first-order chi connectivity index (χ1) is 4.63. The van der Waals surface area contributed by atoms with Crippen molar-refractivity contribution in [2.24, 2.45) is 4.99 Å². The highest BCUT2D eigenvalue weighted by Crippen LogP contribution is 1.93. The molecule has 0 atom stereocenters. The van der Waals surface area contributed by atoms with Crippen LogP contribution in [0, 0.1) is 0 Å². The van der Waals surface area contributed by atoms with E-state index in [1.165, 1.54) is 0 Å². The summed E-state index contributed by atoms with van der Waals surface area (Å²) in [5.41, 5.74) is 0. The molecule has 0 saturated carbocycles. The van der Waals surface area contributed by atoms with Gasteiger partial charge in [0.15, 0.2) is 0 Å². The number of aliphatic imine (C=N–C) groups is 1. The third kappa shape index (κ3) is 2.09. The Balaban J connectivity index is 4.08. The molecule has 0 aromatic rings. The molecule has 0 saturated heterocycles. The summed E-state index contributed by atoms with van der Waals surface area (Å²) in [6.45, 7) is 5.71. The first kappa shape index (κ1) is 9.01. The van der Waals surface area contributed by atoms with Crippen LogP contribution in [0.2, 0.25) is 0 Å². The fourth-order valence-electron chi connectivity index (χ4n) is 0.513. The molecule has 0 bridgehead atoms. The van der Waals surface area contributed by atoms with Crippen LogP contribution in [0.5, 0.6) is 0 Å². The lowest BCUT2D eigenvalue weighted by Crippen LogP contribution is -2.29. The number of amidine groups is 1. The molecular weight excluding hydrogens is 126 g/mol. The Morgan fingerprint density at radius 3 is 2.40 bits per heavy atom. The van der Waals surface area contributed by atoms with E-state index in [0.717, 1.165) is 11.7 Å². The molecule has 0 radical (unpaired) electrons. The lowest BCUT2D eigenvalue weighted by atomic mass is 10.5. The average molecular weight is 141 g/mol. The van der Waals surface area contributed by atoms with Crippen molar-refractivity contribution in [3.05, 3.63) is 12.4 Å². The van der Waals surface area contributed by atoms with Crippen molar-refractivity contribution in [3.63, 3.8) is 0 Å². The highest BCUT2D eigenvalue weighted by atomic mass is 15.2. The van der Waals surface area contributed by atoms with Crippen molar-refractivity contribution < 1.29 is 0 Å². The Morgan fingerprint density at radius 2 is 2.10 bits per heavy atom. The molecule has 3 heteroatoms. The highest BCUT2D eigenvalue weighted by molar-refractivity contribution is 5.80. The van der Waals surface area contributed by atoms with E-state index in [1.54, 1.807) is 7.05 Å². The molecule has 0 amide bonds. The number of nitrogens with one attached hydrogen (secondary N) is 1. The van der Waals surface area contributed by atoms with Crippen molar-refractivity contribution in [1.29, 1.82) is 0 Å². The van der Waals surface area contributed by atoms with E-state index in [0.29, 0.717) is 0 Å². The molecule has 0 aromatic heterocycles. The Labute approximate surface area is 62.4 Å². The van der Waals surface area contributed by atoms with Gasteiger partial charge in [-0.05, 0) is 6.92 Å². The molecule has 0 unspecified atom stereocenters. The summed E-state index contributed by atoms with van der Waals surface area (Å²) in [7, 11) is 5.51. The minimum Gasteiger partial charge on any atom is -0.375 e. The van der Waals surface area contributed by atoms with E-state index in [-0.39, 0.29) is 0 Å². The zero-order chi connectivity index (χ0) is 8.15. The summed E-state index contributed by atoms with van der Waals surface area (Å²) in [5, 5.41) is 2.93. The van der Waals surface area contributed by atoms with Crippen LogP contribution >= 0.6 is 0 Å².